The molecule has 0 atom stereocenters. The molecule has 2 heterocycles. The molecule has 0 unspecified atom stereocenters. The predicted octanol–water partition coefficient (Wildman–Crippen LogP) is 16.7. The highest BCUT2D eigenvalue weighted by Crippen LogP contribution is 2.41. The highest BCUT2D eigenvalue weighted by atomic mass is 16.3. The maximum atomic E-state index is 6.22. The first-order valence-electron chi connectivity index (χ1n) is 21.9. The van der Waals surface area contributed by atoms with Gasteiger partial charge in [-0.05, 0) is 117 Å². The molecule has 0 saturated carbocycles. The molecule has 0 amide bonds. The molecule has 3 heteroatoms. The second-order valence-corrected chi connectivity index (χ2v) is 16.5. The Kier molecular flexibility index (Phi) is 9.23. The minimum absolute atomic E-state index is 0.703. The van der Waals surface area contributed by atoms with E-state index in [1.54, 1.807) is 0 Å². The fraction of sp³-hybridized carbons (Fsp3) is 0.0164. The van der Waals surface area contributed by atoms with Gasteiger partial charge in [-0.25, -0.2) is 0 Å². The van der Waals surface area contributed by atoms with Gasteiger partial charge in [-0.15, -0.1) is 0 Å². The van der Waals surface area contributed by atoms with Gasteiger partial charge in [-0.1, -0.05) is 176 Å². The van der Waals surface area contributed by atoms with Crippen LogP contribution in [0.3, 0.4) is 0 Å². The highest BCUT2D eigenvalue weighted by Gasteiger charge is 2.19. The summed E-state index contributed by atoms with van der Waals surface area (Å²) in [6.45, 7) is 0.703. The lowest BCUT2D eigenvalue weighted by Gasteiger charge is -2.27. The van der Waals surface area contributed by atoms with Gasteiger partial charge in [-0.2, -0.15) is 0 Å². The van der Waals surface area contributed by atoms with Gasteiger partial charge in [-0.3, -0.25) is 0 Å². The molecular formula is C61H42N2O. The zero-order valence-corrected chi connectivity index (χ0v) is 35.1. The van der Waals surface area contributed by atoms with Crippen LogP contribution in [0.25, 0.3) is 93.9 Å². The van der Waals surface area contributed by atoms with Crippen LogP contribution in [0, 0.1) is 0 Å². The molecule has 0 radical (unpaired) electrons. The zero-order chi connectivity index (χ0) is 42.4. The molecular weight excluding hydrogens is 777 g/mol. The van der Waals surface area contributed by atoms with Crippen LogP contribution in [-0.2, 0) is 6.54 Å². The van der Waals surface area contributed by atoms with Crippen LogP contribution in [-0.4, -0.2) is 4.57 Å². The van der Waals surface area contributed by atoms with Crippen molar-refractivity contribution in [3.05, 3.63) is 248 Å². The summed E-state index contributed by atoms with van der Waals surface area (Å²) in [6.07, 6.45) is 0. The number of benzene rings is 10. The normalized spacial score (nSPS) is 11.5. The lowest BCUT2D eigenvalue weighted by molar-refractivity contribution is 0.669. The van der Waals surface area contributed by atoms with Crippen LogP contribution in [0.5, 0.6) is 0 Å². The standard InChI is InChI=1S/C61H42N2O/c1-3-15-42(16-4-1)43-29-31-44(32-30-43)45-33-35-50(36-34-45)62(49-20-5-2-6-21-49)41-48-17-7-8-22-52(48)46-18-13-19-47(39-46)53-25-14-27-58-61(53)55-24-9-11-26-57(55)63(58)51-37-38-60-56(40-51)54-23-10-12-28-59(54)64-60/h1-40H,41H2. The third-order valence-corrected chi connectivity index (χ3v) is 12.7. The van der Waals surface area contributed by atoms with Crippen molar-refractivity contribution in [2.75, 3.05) is 4.90 Å². The van der Waals surface area contributed by atoms with E-state index in [2.05, 4.69) is 240 Å². The molecule has 0 aliphatic heterocycles. The third-order valence-electron chi connectivity index (χ3n) is 12.7. The van der Waals surface area contributed by atoms with Crippen LogP contribution in [0.2, 0.25) is 0 Å². The summed E-state index contributed by atoms with van der Waals surface area (Å²) in [5, 5.41) is 4.72. The fourth-order valence-electron chi connectivity index (χ4n) is 9.61. The molecule has 0 bridgehead atoms. The monoisotopic (exact) mass is 818 g/mol. The highest BCUT2D eigenvalue weighted by molar-refractivity contribution is 6.16. The number of fused-ring (bicyclic) bond motifs is 6. The Bertz CT molecular complexity index is 3620. The first kappa shape index (κ1) is 37.4. The Labute approximate surface area is 372 Å². The van der Waals surface area contributed by atoms with Crippen molar-refractivity contribution in [3.63, 3.8) is 0 Å². The first-order valence-corrected chi connectivity index (χ1v) is 21.9. The summed E-state index contributed by atoms with van der Waals surface area (Å²) in [5.41, 5.74) is 18.4. The number of furan rings is 1. The van der Waals surface area contributed by atoms with Crippen molar-refractivity contribution >= 4 is 55.1 Å². The Morgan fingerprint density at radius 3 is 1.66 bits per heavy atom. The van der Waals surface area contributed by atoms with Gasteiger partial charge in [0, 0.05) is 45.2 Å². The Morgan fingerprint density at radius 2 is 0.875 bits per heavy atom. The van der Waals surface area contributed by atoms with Crippen molar-refractivity contribution in [2.45, 2.75) is 6.54 Å². The van der Waals surface area contributed by atoms with Crippen molar-refractivity contribution in [1.82, 2.24) is 4.57 Å². The molecule has 302 valence electrons. The molecule has 12 rings (SSSR count). The molecule has 0 saturated heterocycles. The minimum atomic E-state index is 0.703. The van der Waals surface area contributed by atoms with E-state index in [-0.39, 0.29) is 0 Å². The summed E-state index contributed by atoms with van der Waals surface area (Å²) >= 11 is 0. The molecule has 0 N–H and O–H groups in total. The summed E-state index contributed by atoms with van der Waals surface area (Å²) in [6, 6.07) is 87.4. The van der Waals surface area contributed by atoms with Gasteiger partial charge >= 0.3 is 0 Å². The fourth-order valence-corrected chi connectivity index (χ4v) is 9.61. The Hall–Kier alpha value is -8.40. The lowest BCUT2D eigenvalue weighted by Crippen LogP contribution is -2.17. The quantitative estimate of drug-likeness (QED) is 0.145. The Balaban J connectivity index is 0.905. The number of anilines is 2. The van der Waals surface area contributed by atoms with Crippen molar-refractivity contribution in [3.8, 4) is 50.2 Å². The smallest absolute Gasteiger partial charge is 0.135 e. The maximum Gasteiger partial charge on any atom is 0.135 e. The molecule has 2 aromatic heterocycles. The van der Waals surface area contributed by atoms with E-state index in [0.717, 1.165) is 39.0 Å². The van der Waals surface area contributed by atoms with Gasteiger partial charge in [0.05, 0.1) is 11.0 Å². The topological polar surface area (TPSA) is 21.3 Å². The van der Waals surface area contributed by atoms with Crippen LogP contribution in [0.4, 0.5) is 11.4 Å². The number of hydrogen-bond acceptors (Lipinski definition) is 2. The molecule has 64 heavy (non-hydrogen) atoms. The van der Waals surface area contributed by atoms with Crippen LogP contribution < -0.4 is 4.90 Å². The third kappa shape index (κ3) is 6.63. The second kappa shape index (κ2) is 15.8. The largest absolute Gasteiger partial charge is 0.456 e. The number of nitrogens with zero attached hydrogens (tertiary/aromatic N) is 2. The van der Waals surface area contributed by atoms with Crippen molar-refractivity contribution in [1.29, 1.82) is 0 Å². The van der Waals surface area contributed by atoms with E-state index in [4.69, 9.17) is 4.42 Å². The van der Waals surface area contributed by atoms with Crippen LogP contribution in [0.1, 0.15) is 5.56 Å². The predicted molar refractivity (Wildman–Crippen MR) is 269 cm³/mol. The number of hydrogen-bond donors (Lipinski definition) is 0. The lowest BCUT2D eigenvalue weighted by atomic mass is 9.93. The maximum absolute atomic E-state index is 6.22. The van der Waals surface area contributed by atoms with Gasteiger partial charge in [0.15, 0.2) is 0 Å². The van der Waals surface area contributed by atoms with Gasteiger partial charge in [0.1, 0.15) is 11.2 Å². The van der Waals surface area contributed by atoms with E-state index in [0.29, 0.717) is 6.54 Å². The average Bonchev–Trinajstić information content (AvgIpc) is 3.92. The van der Waals surface area contributed by atoms with E-state index in [1.165, 1.54) is 71.9 Å². The second-order valence-electron chi connectivity index (χ2n) is 16.5. The molecule has 0 aliphatic rings. The zero-order valence-electron chi connectivity index (χ0n) is 35.1. The molecule has 3 nitrogen and oxygen atoms in total. The number of rotatable bonds is 9. The van der Waals surface area contributed by atoms with E-state index < -0.39 is 0 Å². The Morgan fingerprint density at radius 1 is 0.344 bits per heavy atom. The molecule has 12 aromatic rings. The summed E-state index contributed by atoms with van der Waals surface area (Å²) in [4.78, 5) is 2.42. The molecule has 10 aromatic carbocycles. The van der Waals surface area contributed by atoms with Gasteiger partial charge < -0.3 is 13.9 Å². The summed E-state index contributed by atoms with van der Waals surface area (Å²) in [5.74, 6) is 0. The van der Waals surface area contributed by atoms with E-state index in [9.17, 15) is 0 Å². The molecule has 0 spiro atoms. The van der Waals surface area contributed by atoms with Crippen LogP contribution in [0.15, 0.2) is 247 Å². The summed E-state index contributed by atoms with van der Waals surface area (Å²) < 4.78 is 8.62. The van der Waals surface area contributed by atoms with Gasteiger partial charge in [0.25, 0.3) is 0 Å². The van der Waals surface area contributed by atoms with E-state index in [1.807, 2.05) is 12.1 Å². The molecule has 0 fully saturated rings. The van der Waals surface area contributed by atoms with Gasteiger partial charge in [0.2, 0.25) is 0 Å². The van der Waals surface area contributed by atoms with Crippen molar-refractivity contribution < 1.29 is 4.42 Å². The number of para-hydroxylation sites is 3. The summed E-state index contributed by atoms with van der Waals surface area (Å²) in [7, 11) is 0. The SMILES string of the molecule is c1ccc(-c2ccc(-c3ccc(N(Cc4ccccc4-c4cccc(-c5cccc6c5c5ccccc5n6-c5ccc6oc7ccccc7c6c5)c4)c4ccccc4)cc3)cc2)cc1. The molecule has 0 aliphatic carbocycles. The van der Waals surface area contributed by atoms with Crippen LogP contribution >= 0.6 is 0 Å². The average molecular weight is 819 g/mol. The van der Waals surface area contributed by atoms with Crippen molar-refractivity contribution in [2.24, 2.45) is 0 Å². The van der Waals surface area contributed by atoms with E-state index >= 15 is 0 Å². The first-order chi connectivity index (χ1) is 31.7. The number of aromatic nitrogens is 1. The minimum Gasteiger partial charge on any atom is -0.456 e.